The lowest BCUT2D eigenvalue weighted by molar-refractivity contribution is 0.574. The standard InChI is InChI=1S/C17H19ClFN/c1-10-5-6-16(19)14(7-10)17(20-4)13-8-12(3)15(18)9-11(13)2/h5-9,17,20H,1-4H3. The van der Waals surface area contributed by atoms with Crippen LogP contribution < -0.4 is 5.32 Å². The number of benzene rings is 2. The van der Waals surface area contributed by atoms with Crippen LogP contribution in [0.2, 0.25) is 5.02 Å². The van der Waals surface area contributed by atoms with E-state index in [2.05, 4.69) is 5.32 Å². The van der Waals surface area contributed by atoms with Crippen molar-refractivity contribution in [3.05, 3.63) is 69.0 Å². The highest BCUT2D eigenvalue weighted by molar-refractivity contribution is 6.31. The van der Waals surface area contributed by atoms with Crippen LogP contribution in [-0.2, 0) is 0 Å². The fourth-order valence-electron chi connectivity index (χ4n) is 2.48. The van der Waals surface area contributed by atoms with Crippen LogP contribution in [0.5, 0.6) is 0 Å². The van der Waals surface area contributed by atoms with Crippen molar-refractivity contribution < 1.29 is 4.39 Å². The zero-order valence-corrected chi connectivity index (χ0v) is 13.0. The van der Waals surface area contributed by atoms with Gasteiger partial charge in [-0.3, -0.25) is 0 Å². The van der Waals surface area contributed by atoms with Crippen LogP contribution in [-0.4, -0.2) is 7.05 Å². The van der Waals surface area contributed by atoms with E-state index in [1.807, 2.05) is 46.0 Å². The number of rotatable bonds is 3. The molecule has 1 atom stereocenters. The summed E-state index contributed by atoms with van der Waals surface area (Å²) in [6.07, 6.45) is 0. The van der Waals surface area contributed by atoms with Crippen LogP contribution in [0.15, 0.2) is 30.3 Å². The third-order valence-corrected chi connectivity index (χ3v) is 4.02. The number of hydrogen-bond acceptors (Lipinski definition) is 1. The third-order valence-electron chi connectivity index (χ3n) is 3.61. The highest BCUT2D eigenvalue weighted by atomic mass is 35.5. The fraction of sp³-hybridized carbons (Fsp3) is 0.294. The summed E-state index contributed by atoms with van der Waals surface area (Å²) in [5.41, 5.74) is 4.82. The van der Waals surface area contributed by atoms with E-state index < -0.39 is 0 Å². The minimum absolute atomic E-state index is 0.175. The summed E-state index contributed by atoms with van der Waals surface area (Å²) < 4.78 is 14.1. The summed E-state index contributed by atoms with van der Waals surface area (Å²) in [5, 5.41) is 3.95. The summed E-state index contributed by atoms with van der Waals surface area (Å²) in [4.78, 5) is 0. The van der Waals surface area contributed by atoms with Crippen LogP contribution in [0.1, 0.15) is 33.9 Å². The van der Waals surface area contributed by atoms with Crippen molar-refractivity contribution in [2.45, 2.75) is 26.8 Å². The fourth-order valence-corrected chi connectivity index (χ4v) is 2.70. The second-order valence-corrected chi connectivity index (χ2v) is 5.61. The van der Waals surface area contributed by atoms with Gasteiger partial charge in [-0.25, -0.2) is 4.39 Å². The van der Waals surface area contributed by atoms with Crippen LogP contribution in [0.25, 0.3) is 0 Å². The molecule has 2 aromatic carbocycles. The molecule has 0 heterocycles. The van der Waals surface area contributed by atoms with Gasteiger partial charge in [0.15, 0.2) is 0 Å². The zero-order valence-electron chi connectivity index (χ0n) is 12.2. The summed E-state index contributed by atoms with van der Waals surface area (Å²) in [7, 11) is 1.84. The van der Waals surface area contributed by atoms with Gasteiger partial charge in [-0.15, -0.1) is 0 Å². The molecule has 1 N–H and O–H groups in total. The van der Waals surface area contributed by atoms with E-state index in [-0.39, 0.29) is 11.9 Å². The van der Waals surface area contributed by atoms with E-state index in [9.17, 15) is 4.39 Å². The predicted molar refractivity (Wildman–Crippen MR) is 83.0 cm³/mol. The molecule has 2 aromatic rings. The lowest BCUT2D eigenvalue weighted by Gasteiger charge is -2.21. The van der Waals surface area contributed by atoms with Gasteiger partial charge in [-0.05, 0) is 56.6 Å². The molecule has 0 saturated carbocycles. The van der Waals surface area contributed by atoms with Gasteiger partial charge < -0.3 is 5.32 Å². The molecule has 0 aromatic heterocycles. The first-order chi connectivity index (χ1) is 9.43. The van der Waals surface area contributed by atoms with Crippen molar-refractivity contribution in [3.8, 4) is 0 Å². The van der Waals surface area contributed by atoms with Crippen molar-refractivity contribution in [2.75, 3.05) is 7.05 Å². The lowest BCUT2D eigenvalue weighted by atomic mass is 9.92. The molecule has 1 nitrogen and oxygen atoms in total. The predicted octanol–water partition coefficient (Wildman–Crippen LogP) is 4.71. The van der Waals surface area contributed by atoms with Gasteiger partial charge in [0.2, 0.25) is 0 Å². The Bertz CT molecular complexity index is 637. The first-order valence-corrected chi connectivity index (χ1v) is 7.01. The zero-order chi connectivity index (χ0) is 14.9. The minimum atomic E-state index is -0.193. The normalized spacial score (nSPS) is 12.5. The first-order valence-electron chi connectivity index (χ1n) is 6.64. The molecule has 0 spiro atoms. The molecule has 2 rings (SSSR count). The van der Waals surface area contributed by atoms with Crippen LogP contribution >= 0.6 is 11.6 Å². The van der Waals surface area contributed by atoms with Crippen LogP contribution in [0, 0.1) is 26.6 Å². The maximum Gasteiger partial charge on any atom is 0.128 e. The topological polar surface area (TPSA) is 12.0 Å². The number of aryl methyl sites for hydroxylation is 3. The number of nitrogens with one attached hydrogen (secondary N) is 1. The highest BCUT2D eigenvalue weighted by Gasteiger charge is 2.19. The average molecular weight is 292 g/mol. The Morgan fingerprint density at radius 1 is 1.00 bits per heavy atom. The summed E-state index contributed by atoms with van der Waals surface area (Å²) in [6, 6.07) is 8.98. The smallest absolute Gasteiger partial charge is 0.128 e. The molecule has 0 fully saturated rings. The molecule has 0 amide bonds. The van der Waals surface area contributed by atoms with Gasteiger partial charge in [0, 0.05) is 10.6 Å². The van der Waals surface area contributed by atoms with Crippen molar-refractivity contribution in [1.29, 1.82) is 0 Å². The molecule has 3 heteroatoms. The van der Waals surface area contributed by atoms with Crippen LogP contribution in [0.4, 0.5) is 4.39 Å². The SMILES string of the molecule is CNC(c1cc(C)c(Cl)cc1C)c1cc(C)ccc1F. The van der Waals surface area contributed by atoms with Crippen molar-refractivity contribution >= 4 is 11.6 Å². The minimum Gasteiger partial charge on any atom is -0.309 e. The molecule has 20 heavy (non-hydrogen) atoms. The van der Waals surface area contributed by atoms with Gasteiger partial charge in [0.05, 0.1) is 6.04 Å². The molecular formula is C17H19ClFN. The molecule has 106 valence electrons. The molecule has 0 radical (unpaired) electrons. The molecule has 0 bridgehead atoms. The van der Waals surface area contributed by atoms with Gasteiger partial charge in [0.1, 0.15) is 5.82 Å². The first kappa shape index (κ1) is 15.0. The molecule has 0 aliphatic heterocycles. The van der Waals surface area contributed by atoms with E-state index in [4.69, 9.17) is 11.6 Å². The largest absolute Gasteiger partial charge is 0.309 e. The molecule has 0 aliphatic carbocycles. The second-order valence-electron chi connectivity index (χ2n) is 5.20. The summed E-state index contributed by atoms with van der Waals surface area (Å²) in [5.74, 6) is -0.193. The van der Waals surface area contributed by atoms with Crippen LogP contribution in [0.3, 0.4) is 0 Å². The van der Waals surface area contributed by atoms with E-state index in [0.717, 1.165) is 27.3 Å². The summed E-state index contributed by atoms with van der Waals surface area (Å²) in [6.45, 7) is 5.93. The highest BCUT2D eigenvalue weighted by Crippen LogP contribution is 2.30. The quantitative estimate of drug-likeness (QED) is 0.863. The second kappa shape index (κ2) is 5.94. The van der Waals surface area contributed by atoms with Crippen molar-refractivity contribution in [3.63, 3.8) is 0 Å². The van der Waals surface area contributed by atoms with E-state index in [1.54, 1.807) is 6.07 Å². The van der Waals surface area contributed by atoms with E-state index in [0.29, 0.717) is 5.56 Å². The van der Waals surface area contributed by atoms with E-state index in [1.165, 1.54) is 6.07 Å². The maximum absolute atomic E-state index is 14.1. The third kappa shape index (κ3) is 2.87. The Kier molecular flexibility index (Phi) is 4.46. The Morgan fingerprint density at radius 2 is 1.70 bits per heavy atom. The Labute approximate surface area is 124 Å². The van der Waals surface area contributed by atoms with Gasteiger partial charge in [0.25, 0.3) is 0 Å². The number of halogens is 2. The molecule has 1 unspecified atom stereocenters. The van der Waals surface area contributed by atoms with Gasteiger partial charge in [-0.2, -0.15) is 0 Å². The molecule has 0 saturated heterocycles. The van der Waals surface area contributed by atoms with Gasteiger partial charge in [-0.1, -0.05) is 35.4 Å². The Hall–Kier alpha value is -1.38. The monoisotopic (exact) mass is 291 g/mol. The van der Waals surface area contributed by atoms with Crippen molar-refractivity contribution in [2.24, 2.45) is 0 Å². The number of hydrogen-bond donors (Lipinski definition) is 1. The maximum atomic E-state index is 14.1. The molecular weight excluding hydrogens is 273 g/mol. The Balaban J connectivity index is 2.58. The van der Waals surface area contributed by atoms with E-state index >= 15 is 0 Å². The van der Waals surface area contributed by atoms with Crippen molar-refractivity contribution in [1.82, 2.24) is 5.32 Å². The Morgan fingerprint density at radius 3 is 2.35 bits per heavy atom. The molecule has 0 aliphatic rings. The van der Waals surface area contributed by atoms with Gasteiger partial charge >= 0.3 is 0 Å². The lowest BCUT2D eigenvalue weighted by Crippen LogP contribution is -2.20. The summed E-state index contributed by atoms with van der Waals surface area (Å²) >= 11 is 6.14. The average Bonchev–Trinajstić information content (AvgIpc) is 2.40.